The second kappa shape index (κ2) is 9.25. The molecule has 0 bridgehead atoms. The number of hydrogen-bond donors (Lipinski definition) is 3. The van der Waals surface area contributed by atoms with Crippen LogP contribution in [0.1, 0.15) is 32.6 Å². The standard InChI is InChI=1S/C18H34N2O4/c1-15(24)18(14-23,12-19-6-2-4-16(8-19)10-21)13-20-7-3-5-17(9-20)11-22/h16-17,21-23H,2-14H2,1H3. The molecule has 2 fully saturated rings. The van der Waals surface area contributed by atoms with Gasteiger partial charge in [0.05, 0.1) is 12.0 Å². The fourth-order valence-electron chi connectivity index (χ4n) is 4.23. The molecule has 2 saturated heterocycles. The van der Waals surface area contributed by atoms with Crippen molar-refractivity contribution in [3.05, 3.63) is 0 Å². The van der Waals surface area contributed by atoms with E-state index >= 15 is 0 Å². The number of hydrogen-bond acceptors (Lipinski definition) is 6. The van der Waals surface area contributed by atoms with E-state index < -0.39 is 5.41 Å². The van der Waals surface area contributed by atoms with Crippen LogP contribution in [0.3, 0.4) is 0 Å². The second-order valence-corrected chi connectivity index (χ2v) is 7.85. The third-order valence-corrected chi connectivity index (χ3v) is 5.82. The molecule has 2 atom stereocenters. The van der Waals surface area contributed by atoms with Gasteiger partial charge in [-0.2, -0.15) is 0 Å². The van der Waals surface area contributed by atoms with Crippen LogP contribution >= 0.6 is 0 Å². The number of Topliss-reactive ketones (excluding diaryl/α,β-unsaturated/α-hetero) is 1. The topological polar surface area (TPSA) is 84.2 Å². The number of aliphatic hydroxyl groups excluding tert-OH is 3. The molecule has 0 aromatic heterocycles. The highest BCUT2D eigenvalue weighted by atomic mass is 16.3. The molecule has 0 aliphatic carbocycles. The number of carbonyl (C=O) groups excluding carboxylic acids is 1. The summed E-state index contributed by atoms with van der Waals surface area (Å²) in [6.07, 6.45) is 4.12. The normalized spacial score (nSPS) is 29.3. The van der Waals surface area contributed by atoms with E-state index in [-0.39, 0.29) is 37.4 Å². The van der Waals surface area contributed by atoms with Gasteiger partial charge in [-0.15, -0.1) is 0 Å². The molecule has 6 nitrogen and oxygen atoms in total. The van der Waals surface area contributed by atoms with E-state index in [1.165, 1.54) is 0 Å². The van der Waals surface area contributed by atoms with Crippen LogP contribution in [0.15, 0.2) is 0 Å². The Labute approximate surface area is 145 Å². The number of ketones is 1. The predicted molar refractivity (Wildman–Crippen MR) is 92.7 cm³/mol. The molecule has 0 amide bonds. The molecular formula is C18H34N2O4. The van der Waals surface area contributed by atoms with E-state index in [1.54, 1.807) is 6.92 Å². The molecule has 3 N–H and O–H groups in total. The lowest BCUT2D eigenvalue weighted by Crippen LogP contribution is -2.55. The molecule has 6 heteroatoms. The first-order valence-corrected chi connectivity index (χ1v) is 9.31. The smallest absolute Gasteiger partial charge is 0.140 e. The van der Waals surface area contributed by atoms with Gasteiger partial charge in [0.15, 0.2) is 0 Å². The van der Waals surface area contributed by atoms with Gasteiger partial charge in [0.2, 0.25) is 0 Å². The summed E-state index contributed by atoms with van der Waals surface area (Å²) in [6.45, 7) is 6.34. The molecular weight excluding hydrogens is 308 g/mol. The Morgan fingerprint density at radius 1 is 0.958 bits per heavy atom. The molecule has 0 radical (unpaired) electrons. The molecule has 0 aromatic carbocycles. The molecule has 2 rings (SSSR count). The summed E-state index contributed by atoms with van der Waals surface area (Å²) in [7, 11) is 0. The summed E-state index contributed by atoms with van der Waals surface area (Å²) < 4.78 is 0. The number of carbonyl (C=O) groups is 1. The van der Waals surface area contributed by atoms with Crippen LogP contribution in [0.4, 0.5) is 0 Å². The third-order valence-electron chi connectivity index (χ3n) is 5.82. The Kier molecular flexibility index (Phi) is 7.62. The summed E-state index contributed by atoms with van der Waals surface area (Å²) in [5.74, 6) is 0.578. The number of rotatable bonds is 8. The maximum absolute atomic E-state index is 12.4. The van der Waals surface area contributed by atoms with Crippen LogP contribution < -0.4 is 0 Å². The lowest BCUT2D eigenvalue weighted by atomic mass is 9.81. The van der Waals surface area contributed by atoms with Crippen molar-refractivity contribution in [3.8, 4) is 0 Å². The van der Waals surface area contributed by atoms with E-state index in [0.717, 1.165) is 51.9 Å². The highest BCUT2D eigenvalue weighted by Gasteiger charge is 2.40. The van der Waals surface area contributed by atoms with Crippen molar-refractivity contribution >= 4 is 5.78 Å². The molecule has 2 heterocycles. The summed E-state index contributed by atoms with van der Waals surface area (Å²) in [5, 5.41) is 28.9. The van der Waals surface area contributed by atoms with Crippen LogP contribution in [-0.2, 0) is 4.79 Å². The van der Waals surface area contributed by atoms with Gasteiger partial charge in [-0.25, -0.2) is 0 Å². The molecule has 0 saturated carbocycles. The molecule has 2 aliphatic heterocycles. The monoisotopic (exact) mass is 342 g/mol. The van der Waals surface area contributed by atoms with Gasteiger partial charge in [-0.3, -0.25) is 4.79 Å². The second-order valence-electron chi connectivity index (χ2n) is 7.85. The molecule has 0 spiro atoms. The highest BCUT2D eigenvalue weighted by molar-refractivity contribution is 5.83. The Hall–Kier alpha value is -0.530. The van der Waals surface area contributed by atoms with E-state index in [1.807, 2.05) is 0 Å². The van der Waals surface area contributed by atoms with Gasteiger partial charge in [0, 0.05) is 39.4 Å². The van der Waals surface area contributed by atoms with Crippen molar-refractivity contribution in [1.29, 1.82) is 0 Å². The number of nitrogens with zero attached hydrogens (tertiary/aromatic N) is 2. The van der Waals surface area contributed by atoms with E-state index in [2.05, 4.69) is 9.80 Å². The molecule has 2 unspecified atom stereocenters. The maximum atomic E-state index is 12.4. The zero-order valence-electron chi connectivity index (χ0n) is 15.0. The van der Waals surface area contributed by atoms with Crippen molar-refractivity contribution in [1.82, 2.24) is 9.80 Å². The fourth-order valence-corrected chi connectivity index (χ4v) is 4.23. The van der Waals surface area contributed by atoms with Crippen molar-refractivity contribution in [3.63, 3.8) is 0 Å². The number of likely N-dealkylation sites (tertiary alicyclic amines) is 2. The van der Waals surface area contributed by atoms with Gasteiger partial charge in [0.25, 0.3) is 0 Å². The van der Waals surface area contributed by atoms with Crippen molar-refractivity contribution < 1.29 is 20.1 Å². The Morgan fingerprint density at radius 3 is 1.75 bits per heavy atom. The molecule has 24 heavy (non-hydrogen) atoms. The summed E-state index contributed by atoms with van der Waals surface area (Å²) >= 11 is 0. The predicted octanol–water partition coefficient (Wildman–Crippen LogP) is -0.0373. The SMILES string of the molecule is CC(=O)C(CO)(CN1CCCC(CO)C1)CN1CCCC(CO)C1. The van der Waals surface area contributed by atoms with E-state index in [9.17, 15) is 20.1 Å². The first-order chi connectivity index (χ1) is 11.5. The first kappa shape index (κ1) is 19.8. The number of aliphatic hydroxyl groups is 3. The lowest BCUT2D eigenvalue weighted by molar-refractivity contribution is -0.133. The molecule has 2 aliphatic rings. The zero-order valence-corrected chi connectivity index (χ0v) is 15.0. The van der Waals surface area contributed by atoms with Gasteiger partial charge in [0.1, 0.15) is 5.78 Å². The minimum atomic E-state index is -0.769. The average Bonchev–Trinajstić information content (AvgIpc) is 2.61. The van der Waals surface area contributed by atoms with Crippen LogP contribution in [0.2, 0.25) is 0 Å². The zero-order chi connectivity index (χ0) is 17.6. The van der Waals surface area contributed by atoms with E-state index in [0.29, 0.717) is 13.1 Å². The van der Waals surface area contributed by atoms with Crippen molar-refractivity contribution in [2.45, 2.75) is 32.6 Å². The van der Waals surface area contributed by atoms with Gasteiger partial charge in [-0.1, -0.05) is 0 Å². The van der Waals surface area contributed by atoms with Crippen LogP contribution in [0.25, 0.3) is 0 Å². The summed E-state index contributed by atoms with van der Waals surface area (Å²) in [5.41, 5.74) is -0.769. The van der Waals surface area contributed by atoms with E-state index in [4.69, 9.17) is 0 Å². The molecule has 0 aromatic rings. The average molecular weight is 342 g/mol. The molecule has 140 valence electrons. The van der Waals surface area contributed by atoms with Gasteiger partial charge in [-0.05, 0) is 57.5 Å². The quantitative estimate of drug-likeness (QED) is 0.574. The van der Waals surface area contributed by atoms with Gasteiger partial charge < -0.3 is 25.1 Å². The van der Waals surface area contributed by atoms with Crippen LogP contribution in [-0.4, -0.2) is 90.0 Å². The largest absolute Gasteiger partial charge is 0.396 e. The first-order valence-electron chi connectivity index (χ1n) is 9.31. The minimum Gasteiger partial charge on any atom is -0.396 e. The number of piperidine rings is 2. The third kappa shape index (κ3) is 4.99. The summed E-state index contributed by atoms with van der Waals surface area (Å²) in [4.78, 5) is 16.9. The van der Waals surface area contributed by atoms with Crippen LogP contribution in [0.5, 0.6) is 0 Å². The highest BCUT2D eigenvalue weighted by Crippen LogP contribution is 2.27. The summed E-state index contributed by atoms with van der Waals surface area (Å²) in [6, 6.07) is 0. The van der Waals surface area contributed by atoms with Crippen molar-refractivity contribution in [2.24, 2.45) is 17.3 Å². The van der Waals surface area contributed by atoms with Crippen LogP contribution in [0, 0.1) is 17.3 Å². The Balaban J connectivity index is 2.03. The van der Waals surface area contributed by atoms with Crippen molar-refractivity contribution in [2.75, 3.05) is 59.1 Å². The minimum absolute atomic E-state index is 0.0299. The van der Waals surface area contributed by atoms with Gasteiger partial charge >= 0.3 is 0 Å². The Morgan fingerprint density at radius 2 is 1.42 bits per heavy atom. The maximum Gasteiger partial charge on any atom is 0.140 e. The Bertz CT molecular complexity index is 378. The fraction of sp³-hybridized carbons (Fsp3) is 0.944. The lowest BCUT2D eigenvalue weighted by Gasteiger charge is -2.43.